The molecular weight excluding hydrogens is 454 g/mol. The van der Waals surface area contributed by atoms with E-state index in [4.69, 9.17) is 9.15 Å². The summed E-state index contributed by atoms with van der Waals surface area (Å²) in [6.07, 6.45) is 9.74. The lowest BCUT2D eigenvalue weighted by Crippen LogP contribution is -2.27. The van der Waals surface area contributed by atoms with Gasteiger partial charge in [-0.2, -0.15) is 10.4 Å². The van der Waals surface area contributed by atoms with Crippen molar-refractivity contribution in [3.05, 3.63) is 63.7 Å². The number of amides is 2. The van der Waals surface area contributed by atoms with Gasteiger partial charge in [0.2, 0.25) is 5.91 Å². The largest absolute Gasteiger partial charge is 0.472 e. The van der Waals surface area contributed by atoms with Crippen LogP contribution >= 0.6 is 11.3 Å². The van der Waals surface area contributed by atoms with E-state index in [9.17, 15) is 14.9 Å². The van der Waals surface area contributed by atoms with Gasteiger partial charge < -0.3 is 19.8 Å². The minimum atomic E-state index is -0.463. The quantitative estimate of drug-likeness (QED) is 0.495. The van der Waals surface area contributed by atoms with Crippen LogP contribution < -0.4 is 10.6 Å². The molecule has 1 aliphatic carbocycles. The summed E-state index contributed by atoms with van der Waals surface area (Å²) in [5.41, 5.74) is 4.10. The fourth-order valence-electron chi connectivity index (χ4n) is 3.93. The zero-order chi connectivity index (χ0) is 24.1. The number of nitrogens with zero attached hydrogens (tertiary/aromatic N) is 3. The molecule has 34 heavy (non-hydrogen) atoms. The minimum absolute atomic E-state index is 0.160. The van der Waals surface area contributed by atoms with Crippen LogP contribution in [0.25, 0.3) is 6.08 Å². The Balaban J connectivity index is 1.31. The third-order valence-electron chi connectivity index (χ3n) is 5.67. The van der Waals surface area contributed by atoms with E-state index in [1.54, 1.807) is 16.8 Å². The molecule has 2 amide bonds. The van der Waals surface area contributed by atoms with Gasteiger partial charge in [0.1, 0.15) is 11.1 Å². The van der Waals surface area contributed by atoms with E-state index in [1.807, 2.05) is 20.2 Å². The number of hydrogen-bond acceptors (Lipinski definition) is 7. The van der Waals surface area contributed by atoms with Crippen LogP contribution in [0, 0.1) is 24.2 Å². The van der Waals surface area contributed by atoms with Gasteiger partial charge in [0, 0.05) is 41.9 Å². The standard InChI is InChI=1S/C24H25N5O4S/c1-15-18(12-29(2)28-15)11-26-24(31)33-14-17-3-5-19-20(10-25)23(34-21(19)9-17)27-22(30)6-4-16-7-8-32-13-16/h4,6-8,12-13,17H,3,5,9,11,14H2,1-2H3,(H,26,31)(H,27,30). The fourth-order valence-corrected chi connectivity index (χ4v) is 5.25. The number of alkyl carbamates (subject to hydrolysis) is 1. The summed E-state index contributed by atoms with van der Waals surface area (Å²) in [5, 5.41) is 20.1. The van der Waals surface area contributed by atoms with Crippen LogP contribution in [0.4, 0.5) is 9.80 Å². The number of aromatic nitrogens is 2. The van der Waals surface area contributed by atoms with Crippen LogP contribution in [0.15, 0.2) is 35.3 Å². The van der Waals surface area contributed by atoms with Crippen molar-refractivity contribution >= 4 is 34.4 Å². The molecule has 3 aromatic rings. The highest BCUT2D eigenvalue weighted by molar-refractivity contribution is 7.16. The molecule has 0 aliphatic heterocycles. The first-order valence-electron chi connectivity index (χ1n) is 10.9. The van der Waals surface area contributed by atoms with Gasteiger partial charge in [0.15, 0.2) is 0 Å². The van der Waals surface area contributed by atoms with Crippen molar-refractivity contribution in [2.45, 2.75) is 32.7 Å². The molecule has 1 atom stereocenters. The maximum Gasteiger partial charge on any atom is 0.407 e. The zero-order valence-corrected chi connectivity index (χ0v) is 19.8. The summed E-state index contributed by atoms with van der Waals surface area (Å²) in [5.74, 6) is -0.148. The molecule has 3 heterocycles. The molecule has 0 bridgehead atoms. The molecule has 4 rings (SSSR count). The zero-order valence-electron chi connectivity index (χ0n) is 19.0. The molecule has 0 saturated heterocycles. The van der Waals surface area contributed by atoms with Crippen LogP contribution in [0.3, 0.4) is 0 Å². The molecule has 176 valence electrons. The van der Waals surface area contributed by atoms with Crippen LogP contribution in [0.5, 0.6) is 0 Å². The Kier molecular flexibility index (Phi) is 7.13. The Hall–Kier alpha value is -3.84. The van der Waals surface area contributed by atoms with Gasteiger partial charge in [0.05, 0.1) is 30.4 Å². The van der Waals surface area contributed by atoms with E-state index < -0.39 is 6.09 Å². The molecule has 0 fully saturated rings. The molecule has 1 aliphatic rings. The number of carbonyl (C=O) groups is 2. The first-order valence-corrected chi connectivity index (χ1v) is 11.7. The molecule has 0 spiro atoms. The summed E-state index contributed by atoms with van der Waals surface area (Å²) in [6, 6.07) is 3.98. The molecule has 3 aromatic heterocycles. The molecule has 9 nitrogen and oxygen atoms in total. The average molecular weight is 480 g/mol. The second-order valence-electron chi connectivity index (χ2n) is 8.17. The van der Waals surface area contributed by atoms with E-state index in [1.165, 1.54) is 29.9 Å². The first-order chi connectivity index (χ1) is 16.4. The summed E-state index contributed by atoms with van der Waals surface area (Å²) in [4.78, 5) is 25.5. The lowest BCUT2D eigenvalue weighted by molar-refractivity contribution is -0.111. The minimum Gasteiger partial charge on any atom is -0.472 e. The van der Waals surface area contributed by atoms with Crippen LogP contribution in [0.1, 0.15) is 39.2 Å². The number of ether oxygens (including phenoxy) is 1. The number of furan rings is 1. The monoisotopic (exact) mass is 479 g/mol. The normalized spacial score (nSPS) is 15.0. The van der Waals surface area contributed by atoms with Crippen molar-refractivity contribution in [3.63, 3.8) is 0 Å². The molecule has 10 heteroatoms. The topological polar surface area (TPSA) is 122 Å². The number of carbonyl (C=O) groups excluding carboxylic acids is 2. The third-order valence-corrected chi connectivity index (χ3v) is 6.84. The van der Waals surface area contributed by atoms with E-state index >= 15 is 0 Å². The lowest BCUT2D eigenvalue weighted by atomic mass is 9.88. The highest BCUT2D eigenvalue weighted by Crippen LogP contribution is 2.39. The van der Waals surface area contributed by atoms with Crippen molar-refractivity contribution in [3.8, 4) is 6.07 Å². The average Bonchev–Trinajstić information content (AvgIpc) is 3.53. The van der Waals surface area contributed by atoms with E-state index in [-0.39, 0.29) is 11.8 Å². The molecule has 2 N–H and O–H groups in total. The second kappa shape index (κ2) is 10.4. The number of nitrogens with one attached hydrogen (secondary N) is 2. The number of hydrogen-bond donors (Lipinski definition) is 2. The molecule has 1 unspecified atom stereocenters. The maximum absolute atomic E-state index is 12.3. The van der Waals surface area contributed by atoms with Gasteiger partial charge in [-0.3, -0.25) is 9.48 Å². The van der Waals surface area contributed by atoms with Crippen LogP contribution in [-0.2, 0) is 36.0 Å². The number of aryl methyl sites for hydroxylation is 2. The highest BCUT2D eigenvalue weighted by Gasteiger charge is 2.27. The molecule has 0 radical (unpaired) electrons. The summed E-state index contributed by atoms with van der Waals surface area (Å²) < 4.78 is 12.1. The van der Waals surface area contributed by atoms with Crippen LogP contribution in [-0.4, -0.2) is 28.4 Å². The Morgan fingerprint density at radius 1 is 1.47 bits per heavy atom. The Morgan fingerprint density at radius 2 is 2.32 bits per heavy atom. The van der Waals surface area contributed by atoms with Gasteiger partial charge in [-0.05, 0) is 49.8 Å². The number of anilines is 1. The Bertz CT molecular complexity index is 1250. The predicted molar refractivity (Wildman–Crippen MR) is 127 cm³/mol. The van der Waals surface area contributed by atoms with Crippen LogP contribution in [0.2, 0.25) is 0 Å². The lowest BCUT2D eigenvalue weighted by Gasteiger charge is -2.21. The fraction of sp³-hybridized carbons (Fsp3) is 0.333. The van der Waals surface area contributed by atoms with Gasteiger partial charge in [-0.1, -0.05) is 0 Å². The Morgan fingerprint density at radius 3 is 3.03 bits per heavy atom. The number of fused-ring (bicyclic) bond motifs is 1. The van der Waals surface area contributed by atoms with Crippen molar-refractivity contribution in [1.29, 1.82) is 5.26 Å². The van der Waals surface area contributed by atoms with Crippen molar-refractivity contribution in [2.24, 2.45) is 13.0 Å². The number of rotatable bonds is 7. The summed E-state index contributed by atoms with van der Waals surface area (Å²) >= 11 is 1.42. The van der Waals surface area contributed by atoms with Gasteiger partial charge in [-0.25, -0.2) is 4.79 Å². The van der Waals surface area contributed by atoms with Gasteiger partial charge >= 0.3 is 6.09 Å². The Labute approximate surface area is 201 Å². The highest BCUT2D eigenvalue weighted by atomic mass is 32.1. The predicted octanol–water partition coefficient (Wildman–Crippen LogP) is 3.94. The number of thiophene rings is 1. The van der Waals surface area contributed by atoms with Gasteiger partial charge in [-0.15, -0.1) is 11.3 Å². The van der Waals surface area contributed by atoms with Crippen molar-refractivity contribution in [1.82, 2.24) is 15.1 Å². The number of nitriles is 1. The molecular formula is C24H25N5O4S. The smallest absolute Gasteiger partial charge is 0.407 e. The maximum atomic E-state index is 12.3. The van der Waals surface area contributed by atoms with Crippen molar-refractivity contribution < 1.29 is 18.7 Å². The summed E-state index contributed by atoms with van der Waals surface area (Å²) in [6.45, 7) is 2.55. The van der Waals surface area contributed by atoms with Gasteiger partial charge in [0.25, 0.3) is 0 Å². The molecule has 0 saturated carbocycles. The third kappa shape index (κ3) is 5.55. The van der Waals surface area contributed by atoms with E-state index in [0.29, 0.717) is 36.6 Å². The summed E-state index contributed by atoms with van der Waals surface area (Å²) in [7, 11) is 1.84. The first kappa shape index (κ1) is 23.3. The SMILES string of the molecule is Cc1nn(C)cc1CNC(=O)OCC1CCc2c(sc(NC(=O)C=Cc3ccoc3)c2C#N)C1. The van der Waals surface area contributed by atoms with E-state index in [0.717, 1.165) is 33.7 Å². The van der Waals surface area contributed by atoms with E-state index in [2.05, 4.69) is 21.8 Å². The molecule has 0 aromatic carbocycles. The van der Waals surface area contributed by atoms with Crippen molar-refractivity contribution in [2.75, 3.05) is 11.9 Å². The second-order valence-corrected chi connectivity index (χ2v) is 9.28.